The Balaban J connectivity index is 1.53. The van der Waals surface area contributed by atoms with Gasteiger partial charge in [-0.2, -0.15) is 0 Å². The van der Waals surface area contributed by atoms with E-state index in [0.717, 1.165) is 17.9 Å². The molecule has 2 aromatic rings. The molecule has 0 amide bonds. The summed E-state index contributed by atoms with van der Waals surface area (Å²) in [4.78, 5) is 2.48. The summed E-state index contributed by atoms with van der Waals surface area (Å²) in [7, 11) is -3.27. The normalized spacial score (nSPS) is 15.9. The summed E-state index contributed by atoms with van der Waals surface area (Å²) in [5.74, 6) is 1.41. The first kappa shape index (κ1) is 19.2. The predicted molar refractivity (Wildman–Crippen MR) is 104 cm³/mol. The molecular formula is C17H24N4O3S2. The van der Waals surface area contributed by atoms with Crippen molar-refractivity contribution in [3.05, 3.63) is 24.3 Å². The number of benzene rings is 1. The van der Waals surface area contributed by atoms with Gasteiger partial charge in [0.15, 0.2) is 0 Å². The maximum Gasteiger partial charge on any atom is 0.276 e. The van der Waals surface area contributed by atoms with Crippen molar-refractivity contribution in [3.8, 4) is 11.5 Å². The van der Waals surface area contributed by atoms with Gasteiger partial charge in [0.2, 0.25) is 15.9 Å². The van der Waals surface area contributed by atoms with Crippen LogP contribution in [-0.4, -0.2) is 54.7 Å². The number of nitrogens with zero attached hydrogens (tertiary/aromatic N) is 3. The lowest BCUT2D eigenvalue weighted by molar-refractivity contribution is 0.242. The Hall–Kier alpha value is -1.58. The van der Waals surface area contributed by atoms with Gasteiger partial charge in [0.25, 0.3) is 5.22 Å². The summed E-state index contributed by atoms with van der Waals surface area (Å²) in [6, 6.07) is 6.91. The molecule has 0 aliphatic carbocycles. The van der Waals surface area contributed by atoms with E-state index in [4.69, 9.17) is 4.42 Å². The van der Waals surface area contributed by atoms with Crippen LogP contribution in [0.5, 0.6) is 0 Å². The Morgan fingerprint density at radius 2 is 1.88 bits per heavy atom. The second-order valence-corrected chi connectivity index (χ2v) is 9.26. The van der Waals surface area contributed by atoms with Gasteiger partial charge >= 0.3 is 0 Å². The van der Waals surface area contributed by atoms with Crippen LogP contribution in [0.2, 0.25) is 0 Å². The fourth-order valence-electron chi connectivity index (χ4n) is 2.76. The minimum Gasteiger partial charge on any atom is -0.411 e. The van der Waals surface area contributed by atoms with E-state index < -0.39 is 10.0 Å². The molecule has 0 atom stereocenters. The Morgan fingerprint density at radius 3 is 2.58 bits per heavy atom. The molecule has 2 heterocycles. The summed E-state index contributed by atoms with van der Waals surface area (Å²) < 4.78 is 31.4. The maximum atomic E-state index is 11.6. The van der Waals surface area contributed by atoms with Gasteiger partial charge in [0.05, 0.1) is 5.75 Å². The number of hydrogen-bond donors (Lipinski definition) is 1. The topological polar surface area (TPSA) is 88.3 Å². The molecule has 142 valence electrons. The van der Waals surface area contributed by atoms with Crippen LogP contribution in [-0.2, 0) is 10.0 Å². The van der Waals surface area contributed by atoms with Gasteiger partial charge in [0, 0.05) is 23.5 Å². The van der Waals surface area contributed by atoms with Crippen molar-refractivity contribution in [2.45, 2.75) is 31.4 Å². The Kier molecular flexibility index (Phi) is 6.55. The molecule has 1 N–H and O–H groups in total. The molecule has 9 heteroatoms. The van der Waals surface area contributed by atoms with E-state index >= 15 is 0 Å². The van der Waals surface area contributed by atoms with Crippen LogP contribution in [0.25, 0.3) is 11.5 Å². The lowest BCUT2D eigenvalue weighted by Crippen LogP contribution is -2.31. The van der Waals surface area contributed by atoms with E-state index in [2.05, 4.69) is 19.8 Å². The largest absolute Gasteiger partial charge is 0.411 e. The average Bonchev–Trinajstić information content (AvgIpc) is 3.12. The third kappa shape index (κ3) is 5.46. The van der Waals surface area contributed by atoms with Crippen molar-refractivity contribution < 1.29 is 12.8 Å². The summed E-state index contributed by atoms with van der Waals surface area (Å²) in [5, 5.41) is 8.73. The molecule has 1 aromatic heterocycles. The fraction of sp³-hybridized carbons (Fsp3) is 0.529. The zero-order valence-electron chi connectivity index (χ0n) is 14.8. The second kappa shape index (κ2) is 8.88. The molecule has 0 radical (unpaired) electrons. The molecule has 1 fully saturated rings. The number of anilines is 1. The van der Waals surface area contributed by atoms with Gasteiger partial charge in [0.1, 0.15) is 0 Å². The molecule has 26 heavy (non-hydrogen) atoms. The number of rotatable bonds is 8. The highest BCUT2D eigenvalue weighted by Gasteiger charge is 2.13. The van der Waals surface area contributed by atoms with Gasteiger partial charge in [-0.1, -0.05) is 18.2 Å². The number of likely N-dealkylation sites (tertiary alicyclic amines) is 1. The van der Waals surface area contributed by atoms with E-state index in [1.54, 1.807) is 43.0 Å². The fourth-order valence-corrected chi connectivity index (χ4v) is 4.16. The highest BCUT2D eigenvalue weighted by Crippen LogP contribution is 2.25. The molecule has 1 saturated heterocycles. The van der Waals surface area contributed by atoms with Crippen molar-refractivity contribution in [3.63, 3.8) is 0 Å². The third-order valence-corrected chi connectivity index (χ3v) is 6.38. The minimum absolute atomic E-state index is 0.0381. The quantitative estimate of drug-likeness (QED) is 0.686. The SMILES string of the molecule is CCS(=O)(=O)Nc1ccc(-c2nnc(SCCN3CCCCC3)o2)cc1. The van der Waals surface area contributed by atoms with Crippen molar-refractivity contribution in [2.24, 2.45) is 0 Å². The summed E-state index contributed by atoms with van der Waals surface area (Å²) in [5.41, 5.74) is 1.28. The molecule has 0 unspecified atom stereocenters. The van der Waals surface area contributed by atoms with E-state index in [1.807, 2.05) is 0 Å². The van der Waals surface area contributed by atoms with Crippen LogP contribution in [0.1, 0.15) is 26.2 Å². The van der Waals surface area contributed by atoms with Gasteiger partial charge in [-0.3, -0.25) is 4.72 Å². The minimum atomic E-state index is -3.27. The molecule has 0 saturated carbocycles. The Morgan fingerprint density at radius 1 is 1.15 bits per heavy atom. The predicted octanol–water partition coefficient (Wildman–Crippen LogP) is 3.08. The molecule has 0 spiro atoms. The monoisotopic (exact) mass is 396 g/mol. The lowest BCUT2D eigenvalue weighted by atomic mass is 10.1. The average molecular weight is 397 g/mol. The molecule has 7 nitrogen and oxygen atoms in total. The van der Waals surface area contributed by atoms with Crippen molar-refractivity contribution in [2.75, 3.05) is 35.9 Å². The van der Waals surface area contributed by atoms with Crippen molar-refractivity contribution in [1.82, 2.24) is 15.1 Å². The zero-order chi connectivity index (χ0) is 18.4. The highest BCUT2D eigenvalue weighted by molar-refractivity contribution is 7.99. The third-order valence-electron chi connectivity index (χ3n) is 4.27. The highest BCUT2D eigenvalue weighted by atomic mass is 32.2. The number of sulfonamides is 1. The first-order chi connectivity index (χ1) is 12.6. The van der Waals surface area contributed by atoms with E-state index in [9.17, 15) is 8.42 Å². The van der Waals surface area contributed by atoms with E-state index in [1.165, 1.54) is 32.4 Å². The number of aromatic nitrogens is 2. The zero-order valence-corrected chi connectivity index (χ0v) is 16.5. The first-order valence-electron chi connectivity index (χ1n) is 8.85. The van der Waals surface area contributed by atoms with Gasteiger partial charge in [-0.25, -0.2) is 8.42 Å². The molecule has 1 aromatic carbocycles. The van der Waals surface area contributed by atoms with E-state index in [0.29, 0.717) is 16.8 Å². The first-order valence-corrected chi connectivity index (χ1v) is 11.5. The molecule has 1 aliphatic heterocycles. The van der Waals surface area contributed by atoms with Gasteiger partial charge in [-0.15, -0.1) is 10.2 Å². The smallest absolute Gasteiger partial charge is 0.276 e. The molecule has 3 rings (SSSR count). The molecular weight excluding hydrogens is 372 g/mol. The number of piperidine rings is 1. The van der Waals surface area contributed by atoms with Crippen LogP contribution in [0, 0.1) is 0 Å². The Bertz CT molecular complexity index is 800. The summed E-state index contributed by atoms with van der Waals surface area (Å²) in [6.45, 7) is 5.00. The van der Waals surface area contributed by atoms with Gasteiger partial charge in [-0.05, 0) is 57.1 Å². The second-order valence-electron chi connectivity index (χ2n) is 6.21. The van der Waals surface area contributed by atoms with Crippen molar-refractivity contribution in [1.29, 1.82) is 0 Å². The molecule has 0 bridgehead atoms. The molecule has 1 aliphatic rings. The lowest BCUT2D eigenvalue weighted by Gasteiger charge is -2.25. The van der Waals surface area contributed by atoms with E-state index in [-0.39, 0.29) is 5.75 Å². The van der Waals surface area contributed by atoms with Gasteiger partial charge < -0.3 is 9.32 Å². The maximum absolute atomic E-state index is 11.6. The summed E-state index contributed by atoms with van der Waals surface area (Å²) >= 11 is 1.57. The van der Waals surface area contributed by atoms with Crippen LogP contribution in [0.4, 0.5) is 5.69 Å². The van der Waals surface area contributed by atoms with Crippen LogP contribution in [0.3, 0.4) is 0 Å². The van der Waals surface area contributed by atoms with Crippen LogP contribution >= 0.6 is 11.8 Å². The summed E-state index contributed by atoms with van der Waals surface area (Å²) in [6.07, 6.45) is 3.93. The Labute approximate surface area is 158 Å². The van der Waals surface area contributed by atoms with Crippen LogP contribution < -0.4 is 4.72 Å². The standard InChI is InChI=1S/C17H24N4O3S2/c1-2-26(22,23)20-15-8-6-14(7-9-15)16-18-19-17(24-16)25-13-12-21-10-4-3-5-11-21/h6-9,20H,2-5,10-13H2,1H3. The number of nitrogens with one attached hydrogen (secondary N) is 1. The number of hydrogen-bond acceptors (Lipinski definition) is 7. The van der Waals surface area contributed by atoms with Crippen molar-refractivity contribution >= 4 is 27.5 Å². The number of thioether (sulfide) groups is 1. The van der Waals surface area contributed by atoms with Crippen LogP contribution in [0.15, 0.2) is 33.9 Å².